The maximum atomic E-state index is 12.6. The maximum Gasteiger partial charge on any atom is 0.227 e. The molecular formula is C13H22N2O2. The third kappa shape index (κ3) is 1.69. The van der Waals surface area contributed by atoms with Gasteiger partial charge in [0.2, 0.25) is 5.91 Å². The van der Waals surface area contributed by atoms with E-state index in [9.17, 15) is 9.90 Å². The minimum atomic E-state index is 0.0425. The summed E-state index contributed by atoms with van der Waals surface area (Å²) in [5, 5.41) is 9.30. The second-order valence-corrected chi connectivity index (χ2v) is 5.95. The van der Waals surface area contributed by atoms with Crippen molar-refractivity contribution in [2.75, 3.05) is 13.2 Å². The van der Waals surface area contributed by atoms with Crippen molar-refractivity contribution in [2.45, 2.75) is 44.2 Å². The number of aliphatic hydroxyl groups is 1. The van der Waals surface area contributed by atoms with Crippen LogP contribution in [0.1, 0.15) is 32.1 Å². The second-order valence-electron chi connectivity index (χ2n) is 5.95. The minimum absolute atomic E-state index is 0.0425. The van der Waals surface area contributed by atoms with Gasteiger partial charge in [0.25, 0.3) is 0 Å². The van der Waals surface area contributed by atoms with Gasteiger partial charge >= 0.3 is 0 Å². The van der Waals surface area contributed by atoms with Crippen LogP contribution >= 0.6 is 0 Å². The van der Waals surface area contributed by atoms with Crippen LogP contribution in [-0.4, -0.2) is 41.1 Å². The molecule has 96 valence electrons. The number of carbonyl (C=O) groups excluding carboxylic acids is 1. The van der Waals surface area contributed by atoms with Gasteiger partial charge in [0.15, 0.2) is 0 Å². The summed E-state index contributed by atoms with van der Waals surface area (Å²) < 4.78 is 0. The van der Waals surface area contributed by atoms with Crippen LogP contribution in [0.2, 0.25) is 0 Å². The normalized spacial score (nSPS) is 44.6. The summed E-state index contributed by atoms with van der Waals surface area (Å²) in [5.41, 5.74) is 6.21. The number of nitrogens with two attached hydrogens (primary N) is 1. The van der Waals surface area contributed by atoms with Crippen LogP contribution in [0.3, 0.4) is 0 Å². The van der Waals surface area contributed by atoms with Crippen LogP contribution in [-0.2, 0) is 4.79 Å². The molecule has 4 heteroatoms. The SMILES string of the molecule is NC1C2CCC(C2)C1C(=O)N1CCCC1CO. The number of rotatable bonds is 2. The first-order valence-corrected chi connectivity index (χ1v) is 6.89. The van der Waals surface area contributed by atoms with Gasteiger partial charge in [-0.2, -0.15) is 0 Å². The van der Waals surface area contributed by atoms with Gasteiger partial charge in [-0.15, -0.1) is 0 Å². The molecule has 4 nitrogen and oxygen atoms in total. The van der Waals surface area contributed by atoms with Gasteiger partial charge in [-0.3, -0.25) is 4.79 Å². The molecule has 3 N–H and O–H groups in total. The third-order valence-corrected chi connectivity index (χ3v) is 5.14. The monoisotopic (exact) mass is 238 g/mol. The van der Waals surface area contributed by atoms with Crippen molar-refractivity contribution in [2.24, 2.45) is 23.5 Å². The fourth-order valence-corrected chi connectivity index (χ4v) is 4.21. The maximum absolute atomic E-state index is 12.6. The Morgan fingerprint density at radius 3 is 2.71 bits per heavy atom. The molecule has 0 aromatic heterocycles. The van der Waals surface area contributed by atoms with E-state index in [0.717, 1.165) is 25.8 Å². The number of nitrogens with zero attached hydrogens (tertiary/aromatic N) is 1. The molecule has 1 aliphatic heterocycles. The van der Waals surface area contributed by atoms with Crippen molar-refractivity contribution in [3.05, 3.63) is 0 Å². The molecule has 2 bridgehead atoms. The number of hydrogen-bond donors (Lipinski definition) is 2. The number of likely N-dealkylation sites (tertiary alicyclic amines) is 1. The van der Waals surface area contributed by atoms with E-state index in [1.54, 1.807) is 0 Å². The first kappa shape index (κ1) is 11.5. The summed E-state index contributed by atoms with van der Waals surface area (Å²) in [5.74, 6) is 1.36. The number of hydrogen-bond acceptors (Lipinski definition) is 3. The Morgan fingerprint density at radius 2 is 2.06 bits per heavy atom. The number of amides is 1. The lowest BCUT2D eigenvalue weighted by molar-refractivity contribution is -0.139. The van der Waals surface area contributed by atoms with Crippen molar-refractivity contribution in [1.82, 2.24) is 4.90 Å². The largest absolute Gasteiger partial charge is 0.394 e. The number of carbonyl (C=O) groups is 1. The van der Waals surface area contributed by atoms with E-state index in [1.807, 2.05) is 4.90 Å². The Morgan fingerprint density at radius 1 is 1.29 bits per heavy atom. The third-order valence-electron chi connectivity index (χ3n) is 5.14. The van der Waals surface area contributed by atoms with Gasteiger partial charge in [0, 0.05) is 12.6 Å². The Balaban J connectivity index is 1.74. The van der Waals surface area contributed by atoms with Crippen LogP contribution < -0.4 is 5.73 Å². The first-order chi connectivity index (χ1) is 8.22. The standard InChI is InChI=1S/C13H22N2O2/c14-12-9-4-3-8(6-9)11(12)13(17)15-5-1-2-10(15)7-16/h8-12,16H,1-7,14H2. The molecule has 0 aromatic rings. The van der Waals surface area contributed by atoms with E-state index in [-0.39, 0.29) is 30.5 Å². The molecule has 0 spiro atoms. The molecule has 2 saturated carbocycles. The fraction of sp³-hybridized carbons (Fsp3) is 0.923. The second kappa shape index (κ2) is 4.25. The average molecular weight is 238 g/mol. The molecule has 1 amide bonds. The molecule has 17 heavy (non-hydrogen) atoms. The number of fused-ring (bicyclic) bond motifs is 2. The van der Waals surface area contributed by atoms with Crippen molar-refractivity contribution < 1.29 is 9.90 Å². The molecule has 1 saturated heterocycles. The van der Waals surface area contributed by atoms with E-state index < -0.39 is 0 Å². The summed E-state index contributed by atoms with van der Waals surface area (Å²) >= 11 is 0. The highest BCUT2D eigenvalue weighted by Gasteiger charge is 2.51. The quantitative estimate of drug-likeness (QED) is 0.729. The zero-order valence-corrected chi connectivity index (χ0v) is 10.2. The van der Waals surface area contributed by atoms with Crippen LogP contribution in [0.15, 0.2) is 0 Å². The summed E-state index contributed by atoms with van der Waals surface area (Å²) in [4.78, 5) is 14.4. The fourth-order valence-electron chi connectivity index (χ4n) is 4.21. The lowest BCUT2D eigenvalue weighted by Gasteiger charge is -2.33. The molecule has 5 unspecified atom stereocenters. The van der Waals surface area contributed by atoms with Crippen LogP contribution in [0, 0.1) is 17.8 Å². The topological polar surface area (TPSA) is 66.6 Å². The zero-order chi connectivity index (χ0) is 12.0. The molecule has 0 aromatic carbocycles. The van der Waals surface area contributed by atoms with E-state index >= 15 is 0 Å². The molecular weight excluding hydrogens is 216 g/mol. The molecule has 0 radical (unpaired) electrons. The van der Waals surface area contributed by atoms with Crippen molar-refractivity contribution in [3.63, 3.8) is 0 Å². The molecule has 2 aliphatic carbocycles. The first-order valence-electron chi connectivity index (χ1n) is 6.89. The molecule has 3 rings (SSSR count). The van der Waals surface area contributed by atoms with Gasteiger partial charge in [0.05, 0.1) is 18.6 Å². The highest BCUT2D eigenvalue weighted by Crippen LogP contribution is 2.48. The van der Waals surface area contributed by atoms with E-state index in [1.165, 1.54) is 12.8 Å². The lowest BCUT2D eigenvalue weighted by atomic mass is 9.84. The van der Waals surface area contributed by atoms with Gasteiger partial charge in [-0.1, -0.05) is 0 Å². The number of aliphatic hydroxyl groups excluding tert-OH is 1. The molecule has 3 aliphatic rings. The molecule has 1 heterocycles. The van der Waals surface area contributed by atoms with E-state index in [4.69, 9.17) is 5.73 Å². The Labute approximate surface area is 102 Å². The lowest BCUT2D eigenvalue weighted by Crippen LogP contribution is -2.49. The van der Waals surface area contributed by atoms with Crippen molar-refractivity contribution in [1.29, 1.82) is 0 Å². The van der Waals surface area contributed by atoms with Gasteiger partial charge < -0.3 is 15.7 Å². The van der Waals surface area contributed by atoms with Crippen molar-refractivity contribution >= 4 is 5.91 Å². The Bertz CT molecular complexity index is 319. The van der Waals surface area contributed by atoms with E-state index in [2.05, 4.69) is 0 Å². The summed E-state index contributed by atoms with van der Waals surface area (Å²) in [6, 6.07) is 0.120. The van der Waals surface area contributed by atoms with Crippen LogP contribution in [0.5, 0.6) is 0 Å². The highest BCUT2D eigenvalue weighted by atomic mass is 16.3. The minimum Gasteiger partial charge on any atom is -0.394 e. The van der Waals surface area contributed by atoms with Crippen LogP contribution in [0.25, 0.3) is 0 Å². The molecule has 3 fully saturated rings. The van der Waals surface area contributed by atoms with E-state index in [0.29, 0.717) is 11.8 Å². The van der Waals surface area contributed by atoms with Gasteiger partial charge in [-0.25, -0.2) is 0 Å². The smallest absolute Gasteiger partial charge is 0.227 e. The summed E-state index contributed by atoms with van der Waals surface area (Å²) in [6.07, 6.45) is 5.49. The zero-order valence-electron chi connectivity index (χ0n) is 10.2. The van der Waals surface area contributed by atoms with Crippen LogP contribution in [0.4, 0.5) is 0 Å². The highest BCUT2D eigenvalue weighted by molar-refractivity contribution is 5.81. The Kier molecular flexibility index (Phi) is 2.87. The van der Waals surface area contributed by atoms with Gasteiger partial charge in [-0.05, 0) is 43.9 Å². The average Bonchev–Trinajstić information content (AvgIpc) is 3.02. The summed E-state index contributed by atoms with van der Waals surface area (Å²) in [7, 11) is 0. The summed E-state index contributed by atoms with van der Waals surface area (Å²) in [6.45, 7) is 0.909. The van der Waals surface area contributed by atoms with Crippen molar-refractivity contribution in [3.8, 4) is 0 Å². The molecule has 5 atom stereocenters. The predicted molar refractivity (Wildman–Crippen MR) is 64.1 cm³/mol. The Hall–Kier alpha value is -0.610. The predicted octanol–water partition coefficient (Wildman–Crippen LogP) is 0.343. The van der Waals surface area contributed by atoms with Gasteiger partial charge in [0.1, 0.15) is 0 Å².